The molecule has 1 aromatic heterocycles. The Hall–Kier alpha value is -1.85. The van der Waals surface area contributed by atoms with E-state index in [1.54, 1.807) is 17.4 Å². The molecule has 1 amide bonds. The van der Waals surface area contributed by atoms with Gasteiger partial charge in [0.1, 0.15) is 0 Å². The van der Waals surface area contributed by atoms with Crippen molar-refractivity contribution in [2.24, 2.45) is 5.92 Å². The van der Waals surface area contributed by atoms with Gasteiger partial charge in [0.2, 0.25) is 5.91 Å². The minimum absolute atomic E-state index is 0.117. The lowest BCUT2D eigenvalue weighted by atomic mass is 9.96. The molecule has 1 aliphatic heterocycles. The van der Waals surface area contributed by atoms with Gasteiger partial charge < -0.3 is 14.6 Å². The van der Waals surface area contributed by atoms with Gasteiger partial charge in [-0.1, -0.05) is 13.3 Å². The molecule has 1 atom stereocenters. The fourth-order valence-corrected chi connectivity index (χ4v) is 2.88. The zero-order valence-electron chi connectivity index (χ0n) is 12.4. The molecule has 1 aromatic rings. The number of rotatable bonds is 6. The fraction of sp³-hybridized carbons (Fsp3) is 0.667. The number of hydrogen-bond acceptors (Lipinski definition) is 3. The Morgan fingerprint density at radius 1 is 1.38 bits per heavy atom. The van der Waals surface area contributed by atoms with Crippen molar-refractivity contribution in [3.05, 3.63) is 18.7 Å². The quantitative estimate of drug-likeness (QED) is 0.869. The van der Waals surface area contributed by atoms with Gasteiger partial charge in [-0.05, 0) is 19.3 Å². The Bertz CT molecular complexity index is 465. The van der Waals surface area contributed by atoms with Crippen molar-refractivity contribution < 1.29 is 14.7 Å². The monoisotopic (exact) mass is 293 g/mol. The van der Waals surface area contributed by atoms with E-state index in [0.29, 0.717) is 32.4 Å². The molecule has 6 nitrogen and oxygen atoms in total. The summed E-state index contributed by atoms with van der Waals surface area (Å²) < 4.78 is 1.99. The maximum Gasteiger partial charge on any atom is 0.306 e. The second kappa shape index (κ2) is 7.24. The third kappa shape index (κ3) is 4.06. The number of hydrogen-bond donors (Lipinski definition) is 1. The van der Waals surface area contributed by atoms with Crippen LogP contribution in [0.5, 0.6) is 0 Å². The summed E-state index contributed by atoms with van der Waals surface area (Å²) in [5.41, 5.74) is 0. The zero-order valence-corrected chi connectivity index (χ0v) is 12.4. The number of amides is 1. The van der Waals surface area contributed by atoms with Crippen LogP contribution in [0.25, 0.3) is 0 Å². The van der Waals surface area contributed by atoms with E-state index in [2.05, 4.69) is 11.9 Å². The predicted molar refractivity (Wildman–Crippen MR) is 77.7 cm³/mol. The maximum atomic E-state index is 12.4. The summed E-state index contributed by atoms with van der Waals surface area (Å²) >= 11 is 0. The van der Waals surface area contributed by atoms with Gasteiger partial charge in [0.05, 0.1) is 12.2 Å². The van der Waals surface area contributed by atoms with Gasteiger partial charge in [0.15, 0.2) is 0 Å². The van der Waals surface area contributed by atoms with Gasteiger partial charge in [-0.25, -0.2) is 4.98 Å². The topological polar surface area (TPSA) is 75.4 Å². The number of nitrogens with zero attached hydrogens (tertiary/aromatic N) is 3. The van der Waals surface area contributed by atoms with Crippen molar-refractivity contribution in [2.45, 2.75) is 45.1 Å². The highest BCUT2D eigenvalue weighted by Gasteiger charge is 2.28. The van der Waals surface area contributed by atoms with Crippen LogP contribution in [-0.2, 0) is 9.59 Å². The largest absolute Gasteiger partial charge is 0.481 e. The van der Waals surface area contributed by atoms with Crippen LogP contribution in [0.3, 0.4) is 0 Å². The molecule has 1 aliphatic rings. The maximum absolute atomic E-state index is 12.4. The summed E-state index contributed by atoms with van der Waals surface area (Å²) in [6, 6.07) is 0.141. The minimum Gasteiger partial charge on any atom is -0.481 e. The van der Waals surface area contributed by atoms with Gasteiger partial charge in [0.25, 0.3) is 0 Å². The average Bonchev–Trinajstić information content (AvgIpc) is 3.01. The Morgan fingerprint density at radius 3 is 2.62 bits per heavy atom. The Labute approximate surface area is 124 Å². The molecule has 6 heteroatoms. The van der Waals surface area contributed by atoms with Crippen molar-refractivity contribution in [3.63, 3.8) is 0 Å². The van der Waals surface area contributed by atoms with Crippen molar-refractivity contribution in [3.8, 4) is 0 Å². The van der Waals surface area contributed by atoms with Gasteiger partial charge in [-0.3, -0.25) is 9.59 Å². The number of carbonyl (C=O) groups excluding carboxylic acids is 1. The zero-order chi connectivity index (χ0) is 15.2. The van der Waals surface area contributed by atoms with Crippen LogP contribution in [0, 0.1) is 5.92 Å². The molecular formula is C15H23N3O3. The minimum atomic E-state index is -0.746. The molecule has 0 aromatic carbocycles. The van der Waals surface area contributed by atoms with Crippen LogP contribution in [0.2, 0.25) is 0 Å². The summed E-state index contributed by atoms with van der Waals surface area (Å²) in [5, 5.41) is 8.99. The van der Waals surface area contributed by atoms with E-state index in [1.165, 1.54) is 0 Å². The third-order valence-electron chi connectivity index (χ3n) is 4.18. The van der Waals surface area contributed by atoms with E-state index in [1.807, 2.05) is 10.8 Å². The molecule has 2 heterocycles. The normalized spacial score (nSPS) is 17.7. The van der Waals surface area contributed by atoms with Gasteiger partial charge in [-0.2, -0.15) is 0 Å². The fourth-order valence-electron chi connectivity index (χ4n) is 2.88. The summed E-state index contributed by atoms with van der Waals surface area (Å²) in [4.78, 5) is 29.2. The van der Waals surface area contributed by atoms with Crippen LogP contribution in [0.15, 0.2) is 18.7 Å². The second-order valence-electron chi connectivity index (χ2n) is 5.65. The average molecular weight is 293 g/mol. The van der Waals surface area contributed by atoms with Gasteiger partial charge in [-0.15, -0.1) is 0 Å². The van der Waals surface area contributed by atoms with E-state index in [9.17, 15) is 9.59 Å². The molecule has 21 heavy (non-hydrogen) atoms. The lowest BCUT2D eigenvalue weighted by molar-refractivity contribution is -0.145. The number of carboxylic acid groups (broad SMARTS) is 1. The number of likely N-dealkylation sites (tertiary alicyclic amines) is 1. The highest BCUT2D eigenvalue weighted by atomic mass is 16.4. The van der Waals surface area contributed by atoms with Crippen molar-refractivity contribution in [1.29, 1.82) is 0 Å². The second-order valence-corrected chi connectivity index (χ2v) is 5.65. The Kier molecular flexibility index (Phi) is 5.36. The molecular weight excluding hydrogens is 270 g/mol. The van der Waals surface area contributed by atoms with E-state index in [-0.39, 0.29) is 17.9 Å². The molecule has 2 rings (SSSR count). The van der Waals surface area contributed by atoms with E-state index in [0.717, 1.165) is 12.8 Å². The van der Waals surface area contributed by atoms with Crippen molar-refractivity contribution >= 4 is 11.9 Å². The Balaban J connectivity index is 1.89. The van der Waals surface area contributed by atoms with Crippen molar-refractivity contribution in [1.82, 2.24) is 14.5 Å². The molecule has 0 bridgehead atoms. The summed E-state index contributed by atoms with van der Waals surface area (Å²) in [7, 11) is 0. The summed E-state index contributed by atoms with van der Waals surface area (Å²) in [6.45, 7) is 3.21. The summed E-state index contributed by atoms with van der Waals surface area (Å²) in [5.74, 6) is -0.926. The highest BCUT2D eigenvalue weighted by Crippen LogP contribution is 2.22. The number of aliphatic carboxylic acids is 1. The van der Waals surface area contributed by atoms with Crippen LogP contribution in [-0.4, -0.2) is 44.5 Å². The number of carbonyl (C=O) groups is 2. The SMILES string of the molecule is CCCC(CC(=O)N1CCC(C(=O)O)CC1)n1ccnc1. The number of aromatic nitrogens is 2. The standard InChI is InChI=1S/C15H23N3O3/c1-2-3-13(18-9-6-16-11-18)10-14(19)17-7-4-12(5-8-17)15(20)21/h6,9,11-13H,2-5,7-8,10H2,1H3,(H,20,21). The molecule has 0 radical (unpaired) electrons. The van der Waals surface area contributed by atoms with E-state index in [4.69, 9.17) is 5.11 Å². The lowest BCUT2D eigenvalue weighted by Gasteiger charge is -2.31. The predicted octanol–water partition coefficient (Wildman–Crippen LogP) is 1.94. The van der Waals surface area contributed by atoms with Gasteiger partial charge in [0, 0.05) is 37.9 Å². The van der Waals surface area contributed by atoms with E-state index >= 15 is 0 Å². The first kappa shape index (κ1) is 15.5. The van der Waals surface area contributed by atoms with Gasteiger partial charge >= 0.3 is 5.97 Å². The molecule has 0 saturated carbocycles. The molecule has 0 aliphatic carbocycles. The molecule has 1 N–H and O–H groups in total. The number of carboxylic acids is 1. The number of imidazole rings is 1. The first-order valence-electron chi connectivity index (χ1n) is 7.59. The lowest BCUT2D eigenvalue weighted by Crippen LogP contribution is -2.41. The smallest absolute Gasteiger partial charge is 0.306 e. The molecule has 1 unspecified atom stereocenters. The molecule has 1 fully saturated rings. The highest BCUT2D eigenvalue weighted by molar-refractivity contribution is 5.77. The van der Waals surface area contributed by atoms with Crippen LogP contribution in [0.1, 0.15) is 45.1 Å². The third-order valence-corrected chi connectivity index (χ3v) is 4.18. The van der Waals surface area contributed by atoms with Crippen LogP contribution < -0.4 is 0 Å². The molecule has 116 valence electrons. The molecule has 1 saturated heterocycles. The van der Waals surface area contributed by atoms with Crippen LogP contribution in [0.4, 0.5) is 0 Å². The first-order valence-corrected chi connectivity index (χ1v) is 7.59. The van der Waals surface area contributed by atoms with Crippen LogP contribution >= 0.6 is 0 Å². The number of piperidine rings is 1. The molecule has 0 spiro atoms. The summed E-state index contributed by atoms with van der Waals surface area (Å²) in [6.07, 6.45) is 8.90. The van der Waals surface area contributed by atoms with Crippen molar-refractivity contribution in [2.75, 3.05) is 13.1 Å². The van der Waals surface area contributed by atoms with E-state index < -0.39 is 5.97 Å². The first-order chi connectivity index (χ1) is 10.1. The Morgan fingerprint density at radius 2 is 2.10 bits per heavy atom.